The van der Waals surface area contributed by atoms with Gasteiger partial charge in [0.15, 0.2) is 6.10 Å². The van der Waals surface area contributed by atoms with E-state index in [2.05, 4.69) is 15.0 Å². The Morgan fingerprint density at radius 2 is 2.04 bits per heavy atom. The van der Waals surface area contributed by atoms with Crippen molar-refractivity contribution < 1.29 is 14.3 Å². The maximum absolute atomic E-state index is 12.3. The number of rotatable bonds is 5. The summed E-state index contributed by atoms with van der Waals surface area (Å²) in [6.45, 7) is 5.20. The minimum absolute atomic E-state index is 0.368. The monoisotopic (exact) mass is 333 g/mol. The van der Waals surface area contributed by atoms with Crippen LogP contribution in [-0.2, 0) is 9.53 Å². The molecule has 0 fully saturated rings. The molecule has 0 bridgehead atoms. The normalized spacial score (nSPS) is 11.7. The molecule has 2 aromatic rings. The summed E-state index contributed by atoms with van der Waals surface area (Å²) in [5.41, 5.74) is 2.65. The average Bonchev–Trinajstić information content (AvgIpc) is 2.88. The minimum Gasteiger partial charge on any atom is -0.449 e. The Morgan fingerprint density at radius 3 is 2.70 bits per heavy atom. The highest BCUT2D eigenvalue weighted by molar-refractivity contribution is 7.10. The van der Waals surface area contributed by atoms with Crippen LogP contribution in [0.2, 0.25) is 0 Å². The number of ether oxygens (including phenoxy) is 1. The Kier molecular flexibility index (Phi) is 5.33. The van der Waals surface area contributed by atoms with E-state index in [1.165, 1.54) is 18.5 Å². The average molecular weight is 333 g/mol. The molecule has 0 spiro atoms. The van der Waals surface area contributed by atoms with Crippen molar-refractivity contribution in [1.29, 1.82) is 0 Å². The van der Waals surface area contributed by atoms with Crippen LogP contribution in [0.25, 0.3) is 0 Å². The van der Waals surface area contributed by atoms with E-state index in [1.807, 2.05) is 25.1 Å². The van der Waals surface area contributed by atoms with Crippen LogP contribution in [0.5, 0.6) is 0 Å². The Labute approximate surface area is 139 Å². The van der Waals surface area contributed by atoms with Crippen molar-refractivity contribution in [2.45, 2.75) is 26.9 Å². The molecule has 1 heterocycles. The van der Waals surface area contributed by atoms with Gasteiger partial charge in [-0.1, -0.05) is 12.1 Å². The standard InChI is InChI=1S/C16H19N3O3S/c1-9-6-5-7-12(8-9)18-14(20)11(3)22-16(21)13-10(2)19-23-15(13)17-4/h5-8,11,17H,1-4H3,(H,18,20)/t11-/m0/s1. The third-order valence-corrected chi connectivity index (χ3v) is 4.19. The molecule has 2 rings (SSSR count). The molecule has 0 radical (unpaired) electrons. The molecule has 1 aromatic carbocycles. The van der Waals surface area contributed by atoms with Crippen LogP contribution in [0.1, 0.15) is 28.5 Å². The molecule has 7 heteroatoms. The summed E-state index contributed by atoms with van der Waals surface area (Å²) in [5, 5.41) is 6.26. The summed E-state index contributed by atoms with van der Waals surface area (Å²) in [7, 11) is 1.71. The SMILES string of the molecule is CNc1snc(C)c1C(=O)O[C@@H](C)C(=O)Nc1cccc(C)c1. The minimum atomic E-state index is -0.910. The summed E-state index contributed by atoms with van der Waals surface area (Å²) >= 11 is 1.18. The van der Waals surface area contributed by atoms with Crippen LogP contribution in [0.3, 0.4) is 0 Å². The van der Waals surface area contributed by atoms with Gasteiger partial charge in [-0.25, -0.2) is 4.79 Å². The number of esters is 1. The fourth-order valence-corrected chi connectivity index (χ4v) is 2.75. The molecule has 0 aliphatic rings. The van der Waals surface area contributed by atoms with E-state index in [4.69, 9.17) is 4.74 Å². The maximum Gasteiger partial charge on any atom is 0.343 e. The number of hydrogen-bond donors (Lipinski definition) is 2. The highest BCUT2D eigenvalue weighted by Gasteiger charge is 2.24. The van der Waals surface area contributed by atoms with Gasteiger partial charge in [-0.15, -0.1) is 0 Å². The van der Waals surface area contributed by atoms with E-state index in [0.29, 0.717) is 21.9 Å². The first kappa shape index (κ1) is 17.0. The molecule has 1 atom stereocenters. The lowest BCUT2D eigenvalue weighted by atomic mass is 10.2. The van der Waals surface area contributed by atoms with E-state index >= 15 is 0 Å². The molecule has 0 aliphatic carbocycles. The predicted octanol–water partition coefficient (Wildman–Crippen LogP) is 2.99. The lowest BCUT2D eigenvalue weighted by Gasteiger charge is -2.14. The molecule has 0 unspecified atom stereocenters. The van der Waals surface area contributed by atoms with Crippen molar-refractivity contribution in [3.63, 3.8) is 0 Å². The van der Waals surface area contributed by atoms with Gasteiger partial charge in [-0.05, 0) is 50.0 Å². The number of carbonyl (C=O) groups excluding carboxylic acids is 2. The third kappa shape index (κ3) is 4.07. The van der Waals surface area contributed by atoms with Crippen LogP contribution in [0, 0.1) is 13.8 Å². The Hall–Kier alpha value is -2.41. The van der Waals surface area contributed by atoms with Gasteiger partial charge < -0.3 is 15.4 Å². The summed E-state index contributed by atoms with van der Waals surface area (Å²) < 4.78 is 9.37. The van der Waals surface area contributed by atoms with Crippen LogP contribution in [-0.4, -0.2) is 29.4 Å². The smallest absolute Gasteiger partial charge is 0.343 e. The second kappa shape index (κ2) is 7.23. The molecule has 0 saturated heterocycles. The number of nitrogens with one attached hydrogen (secondary N) is 2. The second-order valence-corrected chi connectivity index (χ2v) is 5.90. The van der Waals surface area contributed by atoms with Crippen molar-refractivity contribution in [3.05, 3.63) is 41.1 Å². The van der Waals surface area contributed by atoms with E-state index in [9.17, 15) is 9.59 Å². The zero-order chi connectivity index (χ0) is 17.0. The largest absolute Gasteiger partial charge is 0.449 e. The van der Waals surface area contributed by atoms with Crippen molar-refractivity contribution in [3.8, 4) is 0 Å². The number of anilines is 2. The quantitative estimate of drug-likeness (QED) is 0.822. The first-order chi connectivity index (χ1) is 10.9. The third-order valence-electron chi connectivity index (χ3n) is 3.23. The predicted molar refractivity (Wildman–Crippen MR) is 91.1 cm³/mol. The fraction of sp³-hybridized carbons (Fsp3) is 0.312. The Balaban J connectivity index is 2.03. The summed E-state index contributed by atoms with van der Waals surface area (Å²) in [6, 6.07) is 7.41. The maximum atomic E-state index is 12.3. The summed E-state index contributed by atoms with van der Waals surface area (Å²) in [4.78, 5) is 24.4. The van der Waals surface area contributed by atoms with Crippen LogP contribution < -0.4 is 10.6 Å². The number of amides is 1. The number of aryl methyl sites for hydroxylation is 2. The molecule has 2 N–H and O–H groups in total. The van der Waals surface area contributed by atoms with E-state index in [-0.39, 0.29) is 5.91 Å². The topological polar surface area (TPSA) is 80.3 Å². The molecule has 0 aliphatic heterocycles. The molecule has 1 amide bonds. The van der Waals surface area contributed by atoms with Gasteiger partial charge in [-0.2, -0.15) is 4.37 Å². The van der Waals surface area contributed by atoms with Crippen LogP contribution >= 0.6 is 11.5 Å². The lowest BCUT2D eigenvalue weighted by Crippen LogP contribution is -2.30. The zero-order valence-electron chi connectivity index (χ0n) is 13.5. The van der Waals surface area contributed by atoms with Gasteiger partial charge in [0.2, 0.25) is 0 Å². The molecule has 0 saturated carbocycles. The number of carbonyl (C=O) groups is 2. The van der Waals surface area contributed by atoms with Gasteiger partial charge in [-0.3, -0.25) is 4.79 Å². The highest BCUT2D eigenvalue weighted by atomic mass is 32.1. The first-order valence-electron chi connectivity index (χ1n) is 7.15. The Bertz CT molecular complexity index is 727. The van der Waals surface area contributed by atoms with Crippen molar-refractivity contribution in [2.24, 2.45) is 0 Å². The molecule has 1 aromatic heterocycles. The van der Waals surface area contributed by atoms with Gasteiger partial charge in [0.25, 0.3) is 5.91 Å². The number of aromatic nitrogens is 1. The van der Waals surface area contributed by atoms with Gasteiger partial charge in [0.1, 0.15) is 10.6 Å². The molecule has 122 valence electrons. The van der Waals surface area contributed by atoms with E-state index < -0.39 is 12.1 Å². The first-order valence-corrected chi connectivity index (χ1v) is 7.92. The second-order valence-electron chi connectivity index (χ2n) is 5.13. The fourth-order valence-electron chi connectivity index (χ4n) is 2.02. The number of benzene rings is 1. The molecule has 23 heavy (non-hydrogen) atoms. The van der Waals surface area contributed by atoms with Gasteiger partial charge in [0, 0.05) is 12.7 Å². The summed E-state index contributed by atoms with van der Waals surface area (Å²) in [5.74, 6) is -0.941. The summed E-state index contributed by atoms with van der Waals surface area (Å²) in [6.07, 6.45) is -0.910. The highest BCUT2D eigenvalue weighted by Crippen LogP contribution is 2.25. The number of hydrogen-bond acceptors (Lipinski definition) is 6. The van der Waals surface area contributed by atoms with Crippen LogP contribution in [0.4, 0.5) is 10.7 Å². The zero-order valence-corrected chi connectivity index (χ0v) is 14.3. The van der Waals surface area contributed by atoms with Gasteiger partial charge in [0.05, 0.1) is 5.69 Å². The van der Waals surface area contributed by atoms with Crippen molar-refractivity contribution >= 4 is 34.1 Å². The molecular weight excluding hydrogens is 314 g/mol. The van der Waals surface area contributed by atoms with E-state index in [1.54, 1.807) is 20.0 Å². The van der Waals surface area contributed by atoms with Gasteiger partial charge >= 0.3 is 5.97 Å². The molecule has 6 nitrogen and oxygen atoms in total. The van der Waals surface area contributed by atoms with Crippen molar-refractivity contribution in [2.75, 3.05) is 17.7 Å². The lowest BCUT2D eigenvalue weighted by molar-refractivity contribution is -0.123. The van der Waals surface area contributed by atoms with Crippen LogP contribution in [0.15, 0.2) is 24.3 Å². The molecular formula is C16H19N3O3S. The number of nitrogens with zero attached hydrogens (tertiary/aromatic N) is 1. The van der Waals surface area contributed by atoms with Crippen molar-refractivity contribution in [1.82, 2.24) is 4.37 Å². The van der Waals surface area contributed by atoms with E-state index in [0.717, 1.165) is 5.56 Å². The Morgan fingerprint density at radius 1 is 1.30 bits per heavy atom.